The molecule has 1 heterocycles. The number of rotatable bonds is 2. The Hall–Kier alpha value is -1.27. The molecule has 2 nitrogen and oxygen atoms in total. The molecule has 0 saturated carbocycles. The summed E-state index contributed by atoms with van der Waals surface area (Å²) in [7, 11) is 0. The first kappa shape index (κ1) is 13.2. The molecule has 0 saturated heterocycles. The van der Waals surface area contributed by atoms with Crippen molar-refractivity contribution < 1.29 is 18.7 Å². The first-order valence-electron chi connectivity index (χ1n) is 4.89. The predicted octanol–water partition coefficient (Wildman–Crippen LogP) is 4.46. The summed E-state index contributed by atoms with van der Waals surface area (Å²) >= 11 is 3.84. The minimum atomic E-state index is -1.11. The molecule has 0 atom stereocenters. The van der Waals surface area contributed by atoms with E-state index in [9.17, 15) is 13.6 Å². The SMILES string of the molecule is Cc1cc(C(=O)O)sc1-c1c(F)ccc(Br)c1F. The fraction of sp³-hybridized carbons (Fsp3) is 0.0833. The molecule has 0 amide bonds. The molecule has 0 aliphatic heterocycles. The topological polar surface area (TPSA) is 37.3 Å². The molecule has 6 heteroatoms. The third kappa shape index (κ3) is 2.18. The van der Waals surface area contributed by atoms with E-state index >= 15 is 0 Å². The van der Waals surface area contributed by atoms with Crippen LogP contribution in [-0.4, -0.2) is 11.1 Å². The van der Waals surface area contributed by atoms with E-state index in [1.807, 2.05) is 0 Å². The second kappa shape index (κ2) is 4.78. The first-order valence-corrected chi connectivity index (χ1v) is 6.50. The van der Waals surface area contributed by atoms with E-state index in [1.54, 1.807) is 6.92 Å². The van der Waals surface area contributed by atoms with Gasteiger partial charge in [-0.25, -0.2) is 13.6 Å². The lowest BCUT2D eigenvalue weighted by molar-refractivity contribution is 0.0702. The number of aryl methyl sites for hydroxylation is 1. The van der Waals surface area contributed by atoms with Gasteiger partial charge >= 0.3 is 5.97 Å². The zero-order valence-electron chi connectivity index (χ0n) is 9.13. The normalized spacial score (nSPS) is 10.7. The Morgan fingerprint density at radius 2 is 2.06 bits per heavy atom. The second-order valence-corrected chi connectivity index (χ2v) is 5.55. The molecule has 0 fully saturated rings. The lowest BCUT2D eigenvalue weighted by Gasteiger charge is -2.05. The van der Waals surface area contributed by atoms with E-state index < -0.39 is 17.6 Å². The molecule has 2 rings (SSSR count). The van der Waals surface area contributed by atoms with E-state index in [0.29, 0.717) is 10.4 Å². The van der Waals surface area contributed by atoms with Gasteiger partial charge in [-0.2, -0.15) is 0 Å². The Morgan fingerprint density at radius 3 is 2.61 bits per heavy atom. The third-order valence-corrected chi connectivity index (χ3v) is 4.25. The maximum Gasteiger partial charge on any atom is 0.345 e. The van der Waals surface area contributed by atoms with Crippen molar-refractivity contribution in [1.29, 1.82) is 0 Å². The van der Waals surface area contributed by atoms with Crippen LogP contribution >= 0.6 is 27.3 Å². The number of carboxylic acid groups (broad SMARTS) is 1. The molecule has 94 valence electrons. The van der Waals surface area contributed by atoms with Crippen LogP contribution in [0.2, 0.25) is 0 Å². The van der Waals surface area contributed by atoms with Gasteiger partial charge in [-0.15, -0.1) is 11.3 Å². The molecule has 0 unspecified atom stereocenters. The van der Waals surface area contributed by atoms with Crippen molar-refractivity contribution >= 4 is 33.2 Å². The molecule has 0 aliphatic carbocycles. The van der Waals surface area contributed by atoms with Crippen LogP contribution in [0, 0.1) is 18.6 Å². The van der Waals surface area contributed by atoms with Crippen LogP contribution < -0.4 is 0 Å². The molecule has 18 heavy (non-hydrogen) atoms. The van der Waals surface area contributed by atoms with Gasteiger partial charge < -0.3 is 5.11 Å². The summed E-state index contributed by atoms with van der Waals surface area (Å²) in [6, 6.07) is 3.82. The molecule has 1 N–H and O–H groups in total. The van der Waals surface area contributed by atoms with Crippen LogP contribution in [0.25, 0.3) is 10.4 Å². The van der Waals surface area contributed by atoms with E-state index in [-0.39, 0.29) is 14.9 Å². The number of hydrogen-bond acceptors (Lipinski definition) is 2. The Balaban J connectivity index is 2.69. The van der Waals surface area contributed by atoms with Gasteiger partial charge in [-0.05, 0) is 46.6 Å². The number of halogens is 3. The standard InChI is InChI=1S/C12H7BrF2O2S/c1-5-4-8(12(16)17)18-11(5)9-7(14)3-2-6(13)10(9)15/h2-4H,1H3,(H,16,17). The van der Waals surface area contributed by atoms with Gasteiger partial charge in [0.1, 0.15) is 16.5 Å². The van der Waals surface area contributed by atoms with Crippen molar-refractivity contribution in [2.45, 2.75) is 6.92 Å². The minimum Gasteiger partial charge on any atom is -0.477 e. The summed E-state index contributed by atoms with van der Waals surface area (Å²) in [5, 5.41) is 8.88. The molecular weight excluding hydrogens is 326 g/mol. The maximum absolute atomic E-state index is 13.9. The molecule has 2 aromatic rings. The largest absolute Gasteiger partial charge is 0.477 e. The minimum absolute atomic E-state index is 0.0567. The summed E-state index contributed by atoms with van der Waals surface area (Å²) in [5.41, 5.74) is 0.340. The zero-order chi connectivity index (χ0) is 13.4. The average Bonchev–Trinajstić information content (AvgIpc) is 2.67. The van der Waals surface area contributed by atoms with Gasteiger partial charge in [0.2, 0.25) is 0 Å². The number of thiophene rings is 1. The number of hydrogen-bond donors (Lipinski definition) is 1. The summed E-state index contributed by atoms with van der Waals surface area (Å²) in [5.74, 6) is -2.54. The van der Waals surface area contributed by atoms with Crippen LogP contribution in [-0.2, 0) is 0 Å². The van der Waals surface area contributed by atoms with Crippen LogP contribution in [0.15, 0.2) is 22.7 Å². The van der Waals surface area contributed by atoms with Crippen molar-refractivity contribution in [2.24, 2.45) is 0 Å². The first-order chi connectivity index (χ1) is 8.41. The highest BCUT2D eigenvalue weighted by Crippen LogP contribution is 2.37. The zero-order valence-corrected chi connectivity index (χ0v) is 11.5. The fourth-order valence-electron chi connectivity index (χ4n) is 1.57. The van der Waals surface area contributed by atoms with Crippen molar-refractivity contribution in [3.8, 4) is 10.4 Å². The highest BCUT2D eigenvalue weighted by molar-refractivity contribution is 9.10. The Labute approximate surface area is 114 Å². The Morgan fingerprint density at radius 1 is 1.39 bits per heavy atom. The molecule has 0 aliphatic rings. The number of carbonyl (C=O) groups is 1. The van der Waals surface area contributed by atoms with E-state index in [1.165, 1.54) is 12.1 Å². The van der Waals surface area contributed by atoms with E-state index in [2.05, 4.69) is 15.9 Å². The van der Waals surface area contributed by atoms with E-state index in [4.69, 9.17) is 5.11 Å². The molecule has 0 radical (unpaired) electrons. The van der Waals surface area contributed by atoms with Crippen LogP contribution in [0.3, 0.4) is 0 Å². The third-order valence-electron chi connectivity index (χ3n) is 2.40. The van der Waals surface area contributed by atoms with Gasteiger partial charge in [0, 0.05) is 4.88 Å². The highest BCUT2D eigenvalue weighted by atomic mass is 79.9. The van der Waals surface area contributed by atoms with Crippen molar-refractivity contribution in [2.75, 3.05) is 0 Å². The van der Waals surface area contributed by atoms with Crippen LogP contribution in [0.5, 0.6) is 0 Å². The average molecular weight is 333 g/mol. The van der Waals surface area contributed by atoms with Gasteiger partial charge in [0.15, 0.2) is 0 Å². The molecule has 1 aromatic carbocycles. The van der Waals surface area contributed by atoms with Gasteiger partial charge in [-0.3, -0.25) is 0 Å². The Bertz CT molecular complexity index is 637. The van der Waals surface area contributed by atoms with Gasteiger partial charge in [-0.1, -0.05) is 0 Å². The maximum atomic E-state index is 13.9. The van der Waals surface area contributed by atoms with Crippen molar-refractivity contribution in [3.63, 3.8) is 0 Å². The predicted molar refractivity (Wildman–Crippen MR) is 69.1 cm³/mol. The summed E-state index contributed by atoms with van der Waals surface area (Å²) in [4.78, 5) is 11.2. The van der Waals surface area contributed by atoms with E-state index in [0.717, 1.165) is 17.4 Å². The number of benzene rings is 1. The van der Waals surface area contributed by atoms with Crippen molar-refractivity contribution in [3.05, 3.63) is 44.7 Å². The summed E-state index contributed by atoms with van der Waals surface area (Å²) in [6.45, 7) is 1.62. The summed E-state index contributed by atoms with van der Waals surface area (Å²) in [6.07, 6.45) is 0. The lowest BCUT2D eigenvalue weighted by atomic mass is 10.1. The lowest BCUT2D eigenvalue weighted by Crippen LogP contribution is -1.90. The highest BCUT2D eigenvalue weighted by Gasteiger charge is 2.20. The fourth-order valence-corrected chi connectivity index (χ4v) is 2.95. The monoisotopic (exact) mass is 332 g/mol. The van der Waals surface area contributed by atoms with Crippen molar-refractivity contribution in [1.82, 2.24) is 0 Å². The molecule has 1 aromatic heterocycles. The Kier molecular flexibility index (Phi) is 3.49. The number of carboxylic acids is 1. The van der Waals surface area contributed by atoms with Crippen LogP contribution in [0.4, 0.5) is 8.78 Å². The summed E-state index contributed by atoms with van der Waals surface area (Å²) < 4.78 is 27.8. The quantitative estimate of drug-likeness (QED) is 0.824. The smallest absolute Gasteiger partial charge is 0.345 e. The van der Waals surface area contributed by atoms with Gasteiger partial charge in [0.05, 0.1) is 10.0 Å². The molecular formula is C12H7BrF2O2S. The van der Waals surface area contributed by atoms with Crippen LogP contribution in [0.1, 0.15) is 15.2 Å². The number of aromatic carboxylic acids is 1. The van der Waals surface area contributed by atoms with Gasteiger partial charge in [0.25, 0.3) is 0 Å². The molecule has 0 spiro atoms. The molecule has 0 bridgehead atoms. The second-order valence-electron chi connectivity index (χ2n) is 3.65.